The Morgan fingerprint density at radius 2 is 1.83 bits per heavy atom. The summed E-state index contributed by atoms with van der Waals surface area (Å²) in [6, 6.07) is 14.1. The summed E-state index contributed by atoms with van der Waals surface area (Å²) in [7, 11) is 0. The van der Waals surface area contributed by atoms with E-state index < -0.39 is 17.7 Å². The second-order valence-corrected chi connectivity index (χ2v) is 7.20. The van der Waals surface area contributed by atoms with E-state index in [1.54, 1.807) is 24.3 Å². The highest BCUT2D eigenvalue weighted by Crippen LogP contribution is 2.28. The summed E-state index contributed by atoms with van der Waals surface area (Å²) in [6.07, 6.45) is 0.762. The fraction of sp³-hybridized carbons (Fsp3) is 0.318. The number of carbonyl (C=O) groups is 1. The van der Waals surface area contributed by atoms with Crippen LogP contribution in [0, 0.1) is 0 Å². The van der Waals surface area contributed by atoms with E-state index in [4.69, 9.17) is 0 Å². The Kier molecular flexibility index (Phi) is 5.77. The van der Waals surface area contributed by atoms with Crippen LogP contribution in [-0.4, -0.2) is 25.8 Å². The van der Waals surface area contributed by atoms with Crippen molar-refractivity contribution in [3.63, 3.8) is 0 Å². The van der Waals surface area contributed by atoms with E-state index >= 15 is 0 Å². The highest BCUT2D eigenvalue weighted by molar-refractivity contribution is 5.95. The van der Waals surface area contributed by atoms with Crippen LogP contribution in [0.3, 0.4) is 0 Å². The first kappa shape index (κ1) is 20.6. The first-order chi connectivity index (χ1) is 13.7. The molecule has 0 aliphatic carbocycles. The summed E-state index contributed by atoms with van der Waals surface area (Å²) in [5.41, 5.74) is 2.49. The van der Waals surface area contributed by atoms with E-state index in [0.29, 0.717) is 17.9 Å². The third kappa shape index (κ3) is 4.50. The number of halogens is 2. The minimum atomic E-state index is -3.10. The molecule has 3 aromatic rings. The molecule has 1 aromatic heterocycles. The summed E-state index contributed by atoms with van der Waals surface area (Å²) in [5.74, 6) is -4.03. The lowest BCUT2D eigenvalue weighted by Gasteiger charge is -2.11. The molecule has 1 N–H and O–H groups in total. The predicted octanol–water partition coefficient (Wildman–Crippen LogP) is 5.32. The Bertz CT molecular complexity index is 1010. The van der Waals surface area contributed by atoms with Gasteiger partial charge in [-0.1, -0.05) is 56.3 Å². The maximum Gasteiger partial charge on any atom is 0.336 e. The van der Waals surface area contributed by atoms with E-state index in [2.05, 4.69) is 10.1 Å². The van der Waals surface area contributed by atoms with Gasteiger partial charge in [0.05, 0.1) is 12.1 Å². The van der Waals surface area contributed by atoms with Gasteiger partial charge in [-0.2, -0.15) is 8.78 Å². The molecule has 0 aliphatic heterocycles. The van der Waals surface area contributed by atoms with Gasteiger partial charge in [0, 0.05) is 12.8 Å². The van der Waals surface area contributed by atoms with E-state index in [0.717, 1.165) is 24.5 Å². The van der Waals surface area contributed by atoms with Crippen LogP contribution in [-0.2, 0) is 12.5 Å². The van der Waals surface area contributed by atoms with E-state index in [1.807, 2.05) is 38.1 Å². The van der Waals surface area contributed by atoms with Crippen molar-refractivity contribution < 1.29 is 18.7 Å². The summed E-state index contributed by atoms with van der Waals surface area (Å²) in [6.45, 7) is 5.01. The van der Waals surface area contributed by atoms with Crippen LogP contribution in [0.4, 0.5) is 8.78 Å². The Hall–Kier alpha value is -3.09. The summed E-state index contributed by atoms with van der Waals surface area (Å²) < 4.78 is 29.0. The van der Waals surface area contributed by atoms with Crippen LogP contribution >= 0.6 is 0 Å². The third-order valence-electron chi connectivity index (χ3n) is 4.90. The molecular weight excluding hydrogens is 376 g/mol. The molecule has 0 spiro atoms. The number of carboxylic acid groups (broad SMARTS) is 1. The third-order valence-corrected chi connectivity index (χ3v) is 4.90. The topological polar surface area (TPSA) is 68.0 Å². The van der Waals surface area contributed by atoms with Crippen molar-refractivity contribution in [3.8, 4) is 11.1 Å². The van der Waals surface area contributed by atoms with Gasteiger partial charge in [0.15, 0.2) is 0 Å². The van der Waals surface area contributed by atoms with Crippen LogP contribution in [0.15, 0.2) is 48.5 Å². The molecule has 0 bridgehead atoms. The van der Waals surface area contributed by atoms with Gasteiger partial charge in [0.25, 0.3) is 0 Å². The molecule has 0 saturated heterocycles. The van der Waals surface area contributed by atoms with Crippen molar-refractivity contribution in [2.45, 2.75) is 45.6 Å². The van der Waals surface area contributed by atoms with Crippen molar-refractivity contribution in [3.05, 3.63) is 71.3 Å². The van der Waals surface area contributed by atoms with Crippen molar-refractivity contribution >= 4 is 5.97 Å². The quantitative estimate of drug-likeness (QED) is 0.584. The van der Waals surface area contributed by atoms with Gasteiger partial charge in [-0.15, -0.1) is 5.10 Å². The number of hydrogen-bond donors (Lipinski definition) is 1. The molecule has 2 aromatic carbocycles. The lowest BCUT2D eigenvalue weighted by molar-refractivity contribution is 0.00754. The van der Waals surface area contributed by atoms with Crippen molar-refractivity contribution in [1.82, 2.24) is 14.8 Å². The van der Waals surface area contributed by atoms with Crippen LogP contribution in [0.25, 0.3) is 11.1 Å². The summed E-state index contributed by atoms with van der Waals surface area (Å²) in [4.78, 5) is 15.5. The minimum Gasteiger partial charge on any atom is -0.478 e. The van der Waals surface area contributed by atoms with Crippen LogP contribution in [0.5, 0.6) is 0 Å². The maximum absolute atomic E-state index is 13.7. The molecule has 0 amide bonds. The average Bonchev–Trinajstić information content (AvgIpc) is 3.12. The molecule has 0 fully saturated rings. The predicted molar refractivity (Wildman–Crippen MR) is 106 cm³/mol. The summed E-state index contributed by atoms with van der Waals surface area (Å²) in [5, 5.41) is 13.4. The lowest BCUT2D eigenvalue weighted by atomic mass is 9.99. The smallest absolute Gasteiger partial charge is 0.336 e. The van der Waals surface area contributed by atoms with Gasteiger partial charge < -0.3 is 5.11 Å². The van der Waals surface area contributed by atoms with Gasteiger partial charge >= 0.3 is 11.9 Å². The zero-order valence-corrected chi connectivity index (χ0v) is 16.6. The summed E-state index contributed by atoms with van der Waals surface area (Å²) >= 11 is 0. The average molecular weight is 399 g/mol. The maximum atomic E-state index is 13.7. The fourth-order valence-corrected chi connectivity index (χ4v) is 3.09. The van der Waals surface area contributed by atoms with Gasteiger partial charge in [-0.3, -0.25) is 0 Å². The normalized spacial score (nSPS) is 12.7. The van der Waals surface area contributed by atoms with Crippen molar-refractivity contribution in [1.29, 1.82) is 0 Å². The second kappa shape index (κ2) is 8.11. The largest absolute Gasteiger partial charge is 0.478 e. The number of aromatic carboxylic acids is 1. The number of rotatable bonds is 7. The van der Waals surface area contributed by atoms with Crippen LogP contribution in [0.2, 0.25) is 0 Å². The Labute approximate surface area is 168 Å². The van der Waals surface area contributed by atoms with Crippen LogP contribution in [0.1, 0.15) is 60.7 Å². The number of carboxylic acids is 1. The van der Waals surface area contributed by atoms with Crippen molar-refractivity contribution in [2.75, 3.05) is 0 Å². The molecule has 152 valence electrons. The van der Waals surface area contributed by atoms with Crippen LogP contribution < -0.4 is 0 Å². The lowest BCUT2D eigenvalue weighted by Crippen LogP contribution is -2.11. The number of alkyl halides is 2. The van der Waals surface area contributed by atoms with Gasteiger partial charge in [0.2, 0.25) is 5.82 Å². The first-order valence-electron chi connectivity index (χ1n) is 9.45. The number of nitrogens with zero attached hydrogens (tertiary/aromatic N) is 3. The molecule has 1 heterocycles. The number of benzene rings is 2. The molecular formula is C22H23F2N3O2. The Morgan fingerprint density at radius 3 is 2.41 bits per heavy atom. The SMILES string of the molecule is CCC(C)c1nc(C(C)(F)F)nn1Cc1ccc(-c2ccccc2C(=O)O)cc1. The molecule has 0 aliphatic rings. The Balaban J connectivity index is 1.91. The molecule has 0 saturated carbocycles. The van der Waals surface area contributed by atoms with Gasteiger partial charge in [-0.05, 0) is 29.2 Å². The molecule has 0 radical (unpaired) electrons. The molecule has 1 unspecified atom stereocenters. The molecule has 5 nitrogen and oxygen atoms in total. The highest BCUT2D eigenvalue weighted by atomic mass is 19.3. The molecule has 7 heteroatoms. The highest BCUT2D eigenvalue weighted by Gasteiger charge is 2.32. The fourth-order valence-electron chi connectivity index (χ4n) is 3.09. The van der Waals surface area contributed by atoms with Crippen molar-refractivity contribution in [2.24, 2.45) is 0 Å². The van der Waals surface area contributed by atoms with Gasteiger partial charge in [-0.25, -0.2) is 14.5 Å². The Morgan fingerprint density at radius 1 is 1.17 bits per heavy atom. The van der Waals surface area contributed by atoms with E-state index in [9.17, 15) is 18.7 Å². The minimum absolute atomic E-state index is 0.000293. The zero-order chi connectivity index (χ0) is 21.2. The zero-order valence-electron chi connectivity index (χ0n) is 16.6. The second-order valence-electron chi connectivity index (χ2n) is 7.20. The molecule has 29 heavy (non-hydrogen) atoms. The number of hydrogen-bond acceptors (Lipinski definition) is 3. The molecule has 3 rings (SSSR count). The van der Waals surface area contributed by atoms with E-state index in [1.165, 1.54) is 4.68 Å². The first-order valence-corrected chi connectivity index (χ1v) is 9.45. The number of aromatic nitrogens is 3. The monoisotopic (exact) mass is 399 g/mol. The van der Waals surface area contributed by atoms with Gasteiger partial charge in [0.1, 0.15) is 5.82 Å². The standard InChI is InChI=1S/C22H23F2N3O2/c1-4-14(2)19-25-21(22(3,23)24)26-27(19)13-15-9-11-16(12-10-15)17-7-5-6-8-18(17)20(28)29/h5-12,14H,4,13H2,1-3H3,(H,28,29). The van der Waals surface area contributed by atoms with E-state index in [-0.39, 0.29) is 11.5 Å². The molecule has 1 atom stereocenters.